The first kappa shape index (κ1) is 13.1. The van der Waals surface area contributed by atoms with Gasteiger partial charge in [0.2, 0.25) is 5.95 Å². The Morgan fingerprint density at radius 3 is 2.32 bits per heavy atom. The van der Waals surface area contributed by atoms with Crippen LogP contribution in [0.3, 0.4) is 0 Å². The summed E-state index contributed by atoms with van der Waals surface area (Å²) in [5, 5.41) is 0. The molecule has 100 valence electrons. The summed E-state index contributed by atoms with van der Waals surface area (Å²) in [7, 11) is 0. The Morgan fingerprint density at radius 1 is 1.16 bits per heavy atom. The van der Waals surface area contributed by atoms with Crippen LogP contribution in [-0.4, -0.2) is 15.0 Å². The standard InChI is InChI=1S/C11H9F3N4O/c12-11(13,14)7-3-1-6(2-4-7)5-8-16-9(15)18-10(19)17-8/h1-4H,5H2,(H3,15,16,17,18,19). The largest absolute Gasteiger partial charge is 0.416 e. The van der Waals surface area contributed by atoms with E-state index in [1.165, 1.54) is 12.1 Å². The summed E-state index contributed by atoms with van der Waals surface area (Å²) in [6, 6.07) is 4.58. The zero-order chi connectivity index (χ0) is 14.0. The lowest BCUT2D eigenvalue weighted by atomic mass is 10.1. The van der Waals surface area contributed by atoms with E-state index in [-0.39, 0.29) is 18.2 Å². The van der Waals surface area contributed by atoms with E-state index in [1.54, 1.807) is 0 Å². The van der Waals surface area contributed by atoms with Crippen molar-refractivity contribution in [2.45, 2.75) is 12.6 Å². The summed E-state index contributed by atoms with van der Waals surface area (Å²) < 4.78 is 37.1. The molecule has 0 amide bonds. The van der Waals surface area contributed by atoms with Crippen LogP contribution in [0.5, 0.6) is 0 Å². The van der Waals surface area contributed by atoms with Gasteiger partial charge in [-0.3, -0.25) is 4.98 Å². The fraction of sp³-hybridized carbons (Fsp3) is 0.182. The van der Waals surface area contributed by atoms with E-state index in [4.69, 9.17) is 5.73 Å². The lowest BCUT2D eigenvalue weighted by Crippen LogP contribution is -2.17. The smallest absolute Gasteiger partial charge is 0.368 e. The number of halogens is 3. The highest BCUT2D eigenvalue weighted by atomic mass is 19.4. The van der Waals surface area contributed by atoms with Gasteiger partial charge in [0, 0.05) is 6.42 Å². The fourth-order valence-corrected chi connectivity index (χ4v) is 1.54. The number of aromatic nitrogens is 3. The molecule has 19 heavy (non-hydrogen) atoms. The van der Waals surface area contributed by atoms with Gasteiger partial charge in [0.05, 0.1) is 5.56 Å². The molecule has 2 aromatic rings. The summed E-state index contributed by atoms with van der Waals surface area (Å²) in [6.45, 7) is 0. The Kier molecular flexibility index (Phi) is 3.24. The normalized spacial score (nSPS) is 11.5. The van der Waals surface area contributed by atoms with Crippen molar-refractivity contribution in [1.82, 2.24) is 15.0 Å². The third-order valence-electron chi connectivity index (χ3n) is 2.37. The van der Waals surface area contributed by atoms with Crippen LogP contribution < -0.4 is 11.4 Å². The van der Waals surface area contributed by atoms with Crippen LogP contribution in [-0.2, 0) is 12.6 Å². The van der Waals surface area contributed by atoms with Crippen LogP contribution in [0.1, 0.15) is 17.0 Å². The number of anilines is 1. The molecule has 0 radical (unpaired) electrons. The molecule has 0 aliphatic rings. The second kappa shape index (κ2) is 4.71. The lowest BCUT2D eigenvalue weighted by Gasteiger charge is -2.07. The molecule has 0 fully saturated rings. The average molecular weight is 270 g/mol. The molecule has 0 spiro atoms. The molecule has 3 N–H and O–H groups in total. The molecular weight excluding hydrogens is 261 g/mol. The second-order valence-corrected chi connectivity index (χ2v) is 3.83. The van der Waals surface area contributed by atoms with Gasteiger partial charge in [0.1, 0.15) is 5.82 Å². The molecule has 2 rings (SSSR count). The number of H-pyrrole nitrogens is 1. The van der Waals surface area contributed by atoms with Gasteiger partial charge in [-0.05, 0) is 17.7 Å². The number of nitrogens with zero attached hydrogens (tertiary/aromatic N) is 2. The Morgan fingerprint density at radius 2 is 1.79 bits per heavy atom. The lowest BCUT2D eigenvalue weighted by molar-refractivity contribution is -0.137. The number of nitrogen functional groups attached to an aromatic ring is 1. The predicted octanol–water partition coefficient (Wildman–Crippen LogP) is 1.36. The molecule has 1 heterocycles. The molecule has 0 aliphatic carbocycles. The zero-order valence-corrected chi connectivity index (χ0v) is 9.53. The Labute approximate surface area is 105 Å². The van der Waals surface area contributed by atoms with Gasteiger partial charge in [-0.15, -0.1) is 0 Å². The summed E-state index contributed by atoms with van der Waals surface area (Å²) >= 11 is 0. The topological polar surface area (TPSA) is 84.7 Å². The van der Waals surface area contributed by atoms with E-state index in [9.17, 15) is 18.0 Å². The van der Waals surface area contributed by atoms with E-state index in [2.05, 4.69) is 15.0 Å². The Hall–Kier alpha value is -2.38. The summed E-state index contributed by atoms with van der Waals surface area (Å²) in [5.41, 5.74) is 4.50. The van der Waals surface area contributed by atoms with Crippen molar-refractivity contribution in [2.24, 2.45) is 0 Å². The van der Waals surface area contributed by atoms with E-state index in [0.717, 1.165) is 12.1 Å². The van der Waals surface area contributed by atoms with Crippen LogP contribution >= 0.6 is 0 Å². The van der Waals surface area contributed by atoms with E-state index < -0.39 is 17.4 Å². The van der Waals surface area contributed by atoms with E-state index in [1.807, 2.05) is 0 Å². The van der Waals surface area contributed by atoms with Gasteiger partial charge < -0.3 is 5.73 Å². The van der Waals surface area contributed by atoms with Gasteiger partial charge in [-0.25, -0.2) is 4.79 Å². The highest BCUT2D eigenvalue weighted by molar-refractivity contribution is 5.27. The molecule has 1 aromatic carbocycles. The minimum atomic E-state index is -4.37. The van der Waals surface area contributed by atoms with Gasteiger partial charge in [0.25, 0.3) is 0 Å². The molecular formula is C11H9F3N4O. The quantitative estimate of drug-likeness (QED) is 0.862. The van der Waals surface area contributed by atoms with Crippen molar-refractivity contribution < 1.29 is 13.2 Å². The molecule has 5 nitrogen and oxygen atoms in total. The van der Waals surface area contributed by atoms with Crippen molar-refractivity contribution in [2.75, 3.05) is 5.73 Å². The molecule has 1 aromatic heterocycles. The van der Waals surface area contributed by atoms with Crippen LogP contribution in [0.25, 0.3) is 0 Å². The summed E-state index contributed by atoms with van der Waals surface area (Å²) in [5.74, 6) is 0.0721. The minimum Gasteiger partial charge on any atom is -0.368 e. The zero-order valence-electron chi connectivity index (χ0n) is 9.53. The van der Waals surface area contributed by atoms with Crippen LogP contribution in [0.4, 0.5) is 19.1 Å². The molecule has 0 unspecified atom stereocenters. The number of nitrogens with one attached hydrogen (secondary N) is 1. The monoisotopic (exact) mass is 270 g/mol. The van der Waals surface area contributed by atoms with Crippen molar-refractivity contribution in [3.05, 3.63) is 51.7 Å². The van der Waals surface area contributed by atoms with Crippen LogP contribution in [0, 0.1) is 0 Å². The Bertz CT molecular complexity index is 634. The third kappa shape index (κ3) is 3.30. The van der Waals surface area contributed by atoms with Crippen LogP contribution in [0.15, 0.2) is 29.1 Å². The summed E-state index contributed by atoms with van der Waals surface area (Å²) in [6.07, 6.45) is -4.20. The van der Waals surface area contributed by atoms with Crippen LogP contribution in [0.2, 0.25) is 0 Å². The first-order valence-corrected chi connectivity index (χ1v) is 5.23. The minimum absolute atomic E-state index is 0.167. The van der Waals surface area contributed by atoms with Gasteiger partial charge >= 0.3 is 11.9 Å². The predicted molar refractivity (Wildman–Crippen MR) is 61.3 cm³/mol. The van der Waals surface area contributed by atoms with Crippen molar-refractivity contribution in [3.8, 4) is 0 Å². The number of hydrogen-bond donors (Lipinski definition) is 2. The molecule has 0 aliphatic heterocycles. The maximum absolute atomic E-state index is 12.4. The van der Waals surface area contributed by atoms with Gasteiger partial charge in [-0.2, -0.15) is 23.1 Å². The highest BCUT2D eigenvalue weighted by Crippen LogP contribution is 2.29. The van der Waals surface area contributed by atoms with E-state index in [0.29, 0.717) is 5.56 Å². The number of nitrogens with two attached hydrogens (primary N) is 1. The maximum Gasteiger partial charge on any atom is 0.416 e. The maximum atomic E-state index is 12.4. The number of rotatable bonds is 2. The first-order valence-electron chi connectivity index (χ1n) is 5.23. The molecule has 0 bridgehead atoms. The average Bonchev–Trinajstić information content (AvgIpc) is 2.26. The van der Waals surface area contributed by atoms with Gasteiger partial charge in [-0.1, -0.05) is 12.1 Å². The van der Waals surface area contributed by atoms with Crippen molar-refractivity contribution >= 4 is 5.95 Å². The number of benzene rings is 1. The number of hydrogen-bond acceptors (Lipinski definition) is 4. The second-order valence-electron chi connectivity index (χ2n) is 3.83. The third-order valence-corrected chi connectivity index (χ3v) is 2.37. The molecule has 0 saturated carbocycles. The molecule has 8 heteroatoms. The van der Waals surface area contributed by atoms with E-state index >= 15 is 0 Å². The van der Waals surface area contributed by atoms with Gasteiger partial charge in [0.15, 0.2) is 0 Å². The molecule has 0 atom stereocenters. The number of aromatic amines is 1. The highest BCUT2D eigenvalue weighted by Gasteiger charge is 2.29. The molecule has 0 saturated heterocycles. The first-order chi connectivity index (χ1) is 8.84. The number of alkyl halides is 3. The van der Waals surface area contributed by atoms with Crippen molar-refractivity contribution in [1.29, 1.82) is 0 Å². The van der Waals surface area contributed by atoms with Crippen molar-refractivity contribution in [3.63, 3.8) is 0 Å². The Balaban J connectivity index is 2.22. The SMILES string of the molecule is Nc1nc(Cc2ccc(C(F)(F)F)cc2)[nH]c(=O)n1. The fourth-order valence-electron chi connectivity index (χ4n) is 1.54. The summed E-state index contributed by atoms with van der Waals surface area (Å²) in [4.78, 5) is 20.5.